The number of carbonyl (C=O) groups excluding carboxylic acids is 1. The van der Waals surface area contributed by atoms with Gasteiger partial charge < -0.3 is 5.32 Å². The maximum absolute atomic E-state index is 13.1. The number of hydrogen-bond donors (Lipinski definition) is 2. The van der Waals surface area contributed by atoms with Gasteiger partial charge in [0.05, 0.1) is 19.3 Å². The molecule has 1 amide bonds. The summed E-state index contributed by atoms with van der Waals surface area (Å²) < 4.78 is 27.8. The molecule has 1 saturated carbocycles. The summed E-state index contributed by atoms with van der Waals surface area (Å²) in [6.07, 6.45) is 9.51. The quantitative estimate of drug-likeness (QED) is 0.686. The summed E-state index contributed by atoms with van der Waals surface area (Å²) >= 11 is 0. The molecule has 0 aromatic carbocycles. The molecule has 0 bridgehead atoms. The molecule has 152 valence electrons. The summed E-state index contributed by atoms with van der Waals surface area (Å²) in [5.74, 6) is -2.51. The monoisotopic (exact) mass is 402 g/mol. The Morgan fingerprint density at radius 1 is 1.21 bits per heavy atom. The summed E-state index contributed by atoms with van der Waals surface area (Å²) in [6.45, 7) is -0.297. The number of aromatic nitrogens is 6. The van der Waals surface area contributed by atoms with Crippen molar-refractivity contribution < 1.29 is 13.6 Å². The highest BCUT2D eigenvalue weighted by Crippen LogP contribution is 2.33. The first-order chi connectivity index (χ1) is 14.0. The summed E-state index contributed by atoms with van der Waals surface area (Å²) in [5, 5.41) is 9.79. The molecule has 0 atom stereocenters. The molecule has 1 saturated heterocycles. The highest BCUT2D eigenvalue weighted by molar-refractivity contribution is 6.02. The number of imidazole rings is 1. The minimum absolute atomic E-state index is 0.00910. The lowest BCUT2D eigenvalue weighted by molar-refractivity contribution is -0.150. The Balaban J connectivity index is 1.28. The van der Waals surface area contributed by atoms with Gasteiger partial charge in [0.2, 0.25) is 5.95 Å². The first-order valence-electron chi connectivity index (χ1n) is 9.61. The molecular weight excluding hydrogens is 382 g/mol. The molecule has 0 radical (unpaired) electrons. The number of hydrogen-bond acceptors (Lipinski definition) is 6. The average molecular weight is 402 g/mol. The minimum atomic E-state index is -2.54. The van der Waals surface area contributed by atoms with Crippen molar-refractivity contribution in [3.8, 4) is 5.95 Å². The third kappa shape index (κ3) is 3.46. The molecule has 11 heteroatoms. The minimum Gasteiger partial charge on any atom is -0.348 e. The van der Waals surface area contributed by atoms with E-state index in [0.29, 0.717) is 17.0 Å². The number of rotatable bonds is 4. The molecule has 1 aliphatic heterocycles. The van der Waals surface area contributed by atoms with E-state index in [9.17, 15) is 13.6 Å². The van der Waals surface area contributed by atoms with Crippen LogP contribution in [0.25, 0.3) is 17.0 Å². The van der Waals surface area contributed by atoms with Crippen molar-refractivity contribution >= 4 is 16.9 Å². The number of carbonyl (C=O) groups is 1. The van der Waals surface area contributed by atoms with Gasteiger partial charge in [-0.2, -0.15) is 5.10 Å². The Morgan fingerprint density at radius 3 is 2.69 bits per heavy atom. The third-order valence-electron chi connectivity index (χ3n) is 5.66. The summed E-state index contributed by atoms with van der Waals surface area (Å²) in [7, 11) is 0. The summed E-state index contributed by atoms with van der Waals surface area (Å²) in [5.41, 5.74) is 1.24. The topological polar surface area (TPSA) is 105 Å². The van der Waals surface area contributed by atoms with E-state index in [0.717, 1.165) is 25.7 Å². The predicted octanol–water partition coefficient (Wildman–Crippen LogP) is 1.53. The molecule has 2 aliphatic rings. The standard InChI is InChI=1S/C18H20F2N8O/c19-18(20)8-28(9-18)12-3-1-11(2-4-12)23-16(29)15-14-13(7-22-26-14)24-17(25-15)27-6-5-21-10-27/h5-7,10-12H,1-4,8-9H2,(H,22,26)(H,23,29)/t11-,12-. The molecule has 9 nitrogen and oxygen atoms in total. The van der Waals surface area contributed by atoms with Crippen molar-refractivity contribution in [3.63, 3.8) is 0 Å². The lowest BCUT2D eigenvalue weighted by atomic mass is 9.88. The fraction of sp³-hybridized carbons (Fsp3) is 0.500. The van der Waals surface area contributed by atoms with E-state index in [1.807, 2.05) is 4.90 Å². The van der Waals surface area contributed by atoms with Crippen molar-refractivity contribution in [3.05, 3.63) is 30.6 Å². The number of aromatic amines is 1. The second-order valence-electron chi connectivity index (χ2n) is 7.71. The van der Waals surface area contributed by atoms with Gasteiger partial charge in [0.1, 0.15) is 17.4 Å². The molecule has 0 unspecified atom stereocenters. The van der Waals surface area contributed by atoms with Crippen LogP contribution >= 0.6 is 0 Å². The Morgan fingerprint density at radius 2 is 2.00 bits per heavy atom. The molecule has 5 rings (SSSR count). The highest BCUT2D eigenvalue weighted by atomic mass is 19.3. The Hall–Kier alpha value is -2.95. The number of nitrogens with zero attached hydrogens (tertiary/aromatic N) is 6. The van der Waals surface area contributed by atoms with Crippen LogP contribution in [0, 0.1) is 0 Å². The number of nitrogens with one attached hydrogen (secondary N) is 2. The zero-order valence-electron chi connectivity index (χ0n) is 15.6. The number of H-pyrrole nitrogens is 1. The first kappa shape index (κ1) is 18.1. The van der Waals surface area contributed by atoms with Gasteiger partial charge in [-0.1, -0.05) is 0 Å². The van der Waals surface area contributed by atoms with Gasteiger partial charge in [0.25, 0.3) is 11.8 Å². The SMILES string of the molecule is O=C(N[C@H]1CC[C@H](N2CC(F)(F)C2)CC1)c1nc(-n2ccnc2)nc2cn[nH]c12. The molecular formula is C18H20F2N8O. The molecule has 0 spiro atoms. The van der Waals surface area contributed by atoms with Crippen LogP contribution in [-0.2, 0) is 0 Å². The lowest BCUT2D eigenvalue weighted by Crippen LogP contribution is -2.60. The average Bonchev–Trinajstić information content (AvgIpc) is 3.37. The Bertz CT molecular complexity index is 1020. The van der Waals surface area contributed by atoms with E-state index in [4.69, 9.17) is 0 Å². The first-order valence-corrected chi connectivity index (χ1v) is 9.61. The van der Waals surface area contributed by atoms with Gasteiger partial charge in [-0.05, 0) is 25.7 Å². The van der Waals surface area contributed by atoms with E-state index in [2.05, 4.69) is 30.5 Å². The van der Waals surface area contributed by atoms with Crippen molar-refractivity contribution in [1.29, 1.82) is 0 Å². The second-order valence-corrected chi connectivity index (χ2v) is 7.71. The van der Waals surface area contributed by atoms with Crippen LogP contribution in [0.1, 0.15) is 36.2 Å². The molecule has 29 heavy (non-hydrogen) atoms. The highest BCUT2D eigenvalue weighted by Gasteiger charge is 2.47. The van der Waals surface area contributed by atoms with E-state index in [1.54, 1.807) is 29.5 Å². The summed E-state index contributed by atoms with van der Waals surface area (Å²) in [4.78, 5) is 27.6. The molecule has 2 N–H and O–H groups in total. The molecule has 1 aliphatic carbocycles. The zero-order chi connectivity index (χ0) is 20.0. The van der Waals surface area contributed by atoms with Gasteiger partial charge in [0.15, 0.2) is 5.69 Å². The second kappa shape index (κ2) is 6.83. The Kier molecular flexibility index (Phi) is 4.26. The maximum atomic E-state index is 13.1. The van der Waals surface area contributed by atoms with Crippen LogP contribution in [0.3, 0.4) is 0 Å². The Labute approximate surface area is 164 Å². The predicted molar refractivity (Wildman–Crippen MR) is 98.8 cm³/mol. The van der Waals surface area contributed by atoms with Gasteiger partial charge in [-0.15, -0.1) is 0 Å². The molecule has 2 fully saturated rings. The van der Waals surface area contributed by atoms with E-state index < -0.39 is 5.92 Å². The van der Waals surface area contributed by atoms with Crippen molar-refractivity contribution in [2.45, 2.75) is 43.7 Å². The maximum Gasteiger partial charge on any atom is 0.272 e. The zero-order valence-corrected chi connectivity index (χ0v) is 15.6. The number of likely N-dealkylation sites (tertiary alicyclic amines) is 1. The van der Waals surface area contributed by atoms with Gasteiger partial charge in [-0.3, -0.25) is 19.4 Å². The smallest absolute Gasteiger partial charge is 0.272 e. The van der Waals surface area contributed by atoms with Crippen molar-refractivity contribution in [2.24, 2.45) is 0 Å². The van der Waals surface area contributed by atoms with Gasteiger partial charge in [0, 0.05) is 24.5 Å². The van der Waals surface area contributed by atoms with Crippen LogP contribution in [0.4, 0.5) is 8.78 Å². The lowest BCUT2D eigenvalue weighted by Gasteiger charge is -2.46. The van der Waals surface area contributed by atoms with E-state index in [1.165, 1.54) is 0 Å². The number of amides is 1. The number of fused-ring (bicyclic) bond motifs is 1. The third-order valence-corrected chi connectivity index (χ3v) is 5.66. The fourth-order valence-electron chi connectivity index (χ4n) is 4.13. The van der Waals surface area contributed by atoms with Crippen molar-refractivity contribution in [2.75, 3.05) is 13.1 Å². The van der Waals surface area contributed by atoms with E-state index in [-0.39, 0.29) is 36.8 Å². The van der Waals surface area contributed by atoms with Crippen LogP contribution in [0.15, 0.2) is 24.9 Å². The van der Waals surface area contributed by atoms with Crippen LogP contribution < -0.4 is 5.32 Å². The van der Waals surface area contributed by atoms with E-state index >= 15 is 0 Å². The normalized spacial score (nSPS) is 24.3. The van der Waals surface area contributed by atoms with Crippen LogP contribution in [-0.4, -0.2) is 71.6 Å². The number of alkyl halides is 2. The summed E-state index contributed by atoms with van der Waals surface area (Å²) in [6, 6.07) is 0.166. The van der Waals surface area contributed by atoms with Gasteiger partial charge >= 0.3 is 0 Å². The largest absolute Gasteiger partial charge is 0.348 e. The van der Waals surface area contributed by atoms with Crippen molar-refractivity contribution in [1.82, 2.24) is 39.9 Å². The molecule has 3 aromatic rings. The molecule has 4 heterocycles. The number of halogens is 2. The van der Waals surface area contributed by atoms with Gasteiger partial charge in [-0.25, -0.2) is 23.7 Å². The van der Waals surface area contributed by atoms with Crippen LogP contribution in [0.5, 0.6) is 0 Å². The molecule has 3 aromatic heterocycles. The fourth-order valence-corrected chi connectivity index (χ4v) is 4.13. The van der Waals surface area contributed by atoms with Crippen LogP contribution in [0.2, 0.25) is 0 Å².